The van der Waals surface area contributed by atoms with Crippen molar-refractivity contribution in [2.45, 2.75) is 19.8 Å². The van der Waals surface area contributed by atoms with E-state index in [1.54, 1.807) is 23.2 Å². The van der Waals surface area contributed by atoms with Gasteiger partial charge in [0.2, 0.25) is 5.91 Å². The molecule has 4 nitrogen and oxygen atoms in total. The van der Waals surface area contributed by atoms with Crippen LogP contribution in [-0.4, -0.2) is 30.5 Å². The Bertz CT molecular complexity index is 404. The van der Waals surface area contributed by atoms with Crippen molar-refractivity contribution >= 4 is 40.7 Å². The van der Waals surface area contributed by atoms with Crippen LogP contribution in [0.3, 0.4) is 0 Å². The van der Waals surface area contributed by atoms with Gasteiger partial charge >= 0.3 is 5.97 Å². The summed E-state index contributed by atoms with van der Waals surface area (Å²) in [5.74, 6) is 0.895. The molecule has 1 aromatic heterocycles. The molecule has 100 valence electrons. The van der Waals surface area contributed by atoms with Crippen LogP contribution in [0.4, 0.5) is 5.69 Å². The number of carbonyl (C=O) groups is 2. The number of amides is 1. The molecule has 0 fully saturated rings. The molecule has 1 amide bonds. The first-order chi connectivity index (χ1) is 8.69. The van der Waals surface area contributed by atoms with Gasteiger partial charge in [0.1, 0.15) is 4.88 Å². The van der Waals surface area contributed by atoms with Gasteiger partial charge in [0.25, 0.3) is 0 Å². The number of thioether (sulfide) groups is 1. The molecule has 0 saturated carbocycles. The second kappa shape index (κ2) is 8.16. The fraction of sp³-hybridized carbons (Fsp3) is 0.500. The highest BCUT2D eigenvalue weighted by atomic mass is 32.2. The van der Waals surface area contributed by atoms with Crippen molar-refractivity contribution in [3.63, 3.8) is 0 Å². The van der Waals surface area contributed by atoms with E-state index in [2.05, 4.69) is 17.0 Å². The summed E-state index contributed by atoms with van der Waals surface area (Å²) in [4.78, 5) is 23.5. The minimum Gasteiger partial charge on any atom is -0.465 e. The third-order valence-corrected chi connectivity index (χ3v) is 4.12. The van der Waals surface area contributed by atoms with Gasteiger partial charge in [-0.15, -0.1) is 11.3 Å². The molecule has 0 radical (unpaired) electrons. The van der Waals surface area contributed by atoms with Crippen molar-refractivity contribution in [1.82, 2.24) is 0 Å². The average Bonchev–Trinajstić information content (AvgIpc) is 2.82. The molecule has 1 rings (SSSR count). The lowest BCUT2D eigenvalue weighted by molar-refractivity contribution is -0.113. The van der Waals surface area contributed by atoms with Gasteiger partial charge in [0.05, 0.1) is 18.6 Å². The zero-order valence-corrected chi connectivity index (χ0v) is 12.2. The maximum atomic E-state index is 11.7. The molecule has 0 aliphatic heterocycles. The molecule has 6 heteroatoms. The summed E-state index contributed by atoms with van der Waals surface area (Å²) in [7, 11) is 1.33. The molecule has 1 heterocycles. The largest absolute Gasteiger partial charge is 0.465 e. The quantitative estimate of drug-likeness (QED) is 0.618. The second-order valence-corrected chi connectivity index (χ2v) is 5.63. The number of ether oxygens (including phenoxy) is 1. The van der Waals surface area contributed by atoms with E-state index in [9.17, 15) is 9.59 Å². The molecule has 0 atom stereocenters. The Morgan fingerprint density at radius 1 is 1.50 bits per heavy atom. The van der Waals surface area contributed by atoms with Gasteiger partial charge < -0.3 is 10.1 Å². The minimum absolute atomic E-state index is 0.0837. The Kier molecular flexibility index (Phi) is 6.82. The molecular formula is C12H17NO3S2. The smallest absolute Gasteiger partial charge is 0.350 e. The number of thiophene rings is 1. The van der Waals surface area contributed by atoms with Gasteiger partial charge in [0.15, 0.2) is 0 Å². The van der Waals surface area contributed by atoms with E-state index >= 15 is 0 Å². The predicted molar refractivity (Wildman–Crippen MR) is 76.5 cm³/mol. The third kappa shape index (κ3) is 4.70. The monoisotopic (exact) mass is 287 g/mol. The Hall–Kier alpha value is -1.01. The second-order valence-electron chi connectivity index (χ2n) is 3.61. The number of esters is 1. The van der Waals surface area contributed by atoms with E-state index < -0.39 is 5.97 Å². The third-order valence-electron chi connectivity index (χ3n) is 2.19. The number of hydrogen-bond donors (Lipinski definition) is 1. The number of unbranched alkanes of at least 4 members (excludes halogenated alkanes) is 1. The summed E-state index contributed by atoms with van der Waals surface area (Å²) < 4.78 is 4.64. The van der Waals surface area contributed by atoms with Crippen LogP contribution in [0.2, 0.25) is 0 Å². The van der Waals surface area contributed by atoms with Crippen molar-refractivity contribution in [2.24, 2.45) is 0 Å². The zero-order valence-electron chi connectivity index (χ0n) is 10.5. The van der Waals surface area contributed by atoms with Crippen LogP contribution in [0.25, 0.3) is 0 Å². The fourth-order valence-corrected chi connectivity index (χ4v) is 2.92. The topological polar surface area (TPSA) is 55.4 Å². The highest BCUT2D eigenvalue weighted by Crippen LogP contribution is 2.23. The van der Waals surface area contributed by atoms with Gasteiger partial charge in [-0.1, -0.05) is 13.3 Å². The molecule has 0 bridgehead atoms. The number of anilines is 1. The van der Waals surface area contributed by atoms with Crippen LogP contribution in [0, 0.1) is 0 Å². The van der Waals surface area contributed by atoms with Crippen LogP contribution in [-0.2, 0) is 9.53 Å². The Morgan fingerprint density at radius 3 is 2.94 bits per heavy atom. The van der Waals surface area contributed by atoms with E-state index in [1.807, 2.05) is 0 Å². The summed E-state index contributed by atoms with van der Waals surface area (Å²) >= 11 is 2.86. The van der Waals surface area contributed by atoms with Gasteiger partial charge in [-0.05, 0) is 23.6 Å². The molecule has 0 aliphatic carbocycles. The summed E-state index contributed by atoms with van der Waals surface area (Å²) in [6.45, 7) is 2.12. The van der Waals surface area contributed by atoms with Crippen LogP contribution in [0.5, 0.6) is 0 Å². The number of rotatable bonds is 7. The molecule has 1 N–H and O–H groups in total. The number of methoxy groups -OCH3 is 1. The van der Waals surface area contributed by atoms with Gasteiger partial charge in [-0.25, -0.2) is 4.79 Å². The summed E-state index contributed by atoms with van der Waals surface area (Å²) in [5, 5.41) is 4.49. The van der Waals surface area contributed by atoms with Crippen molar-refractivity contribution in [3.8, 4) is 0 Å². The lowest BCUT2D eigenvalue weighted by atomic mass is 10.4. The molecule has 0 unspecified atom stereocenters. The molecule has 0 saturated heterocycles. The molecule has 0 aromatic carbocycles. The average molecular weight is 287 g/mol. The van der Waals surface area contributed by atoms with Gasteiger partial charge in [-0.2, -0.15) is 11.8 Å². The molecule has 0 spiro atoms. The first-order valence-electron chi connectivity index (χ1n) is 5.72. The lowest BCUT2D eigenvalue weighted by Gasteiger charge is -2.05. The zero-order chi connectivity index (χ0) is 13.4. The number of nitrogens with one attached hydrogen (secondary N) is 1. The summed E-state index contributed by atoms with van der Waals surface area (Å²) in [5.41, 5.74) is 0.535. The Morgan fingerprint density at radius 2 is 2.28 bits per heavy atom. The lowest BCUT2D eigenvalue weighted by Crippen LogP contribution is -2.16. The standard InChI is InChI=1S/C12H17NO3S2/c1-3-4-6-17-8-10(14)13-9-5-7-18-11(9)12(15)16-2/h5,7H,3-4,6,8H2,1-2H3,(H,13,14). The van der Waals surface area contributed by atoms with Crippen molar-refractivity contribution in [1.29, 1.82) is 0 Å². The van der Waals surface area contributed by atoms with Crippen LogP contribution in [0.15, 0.2) is 11.4 Å². The van der Waals surface area contributed by atoms with Crippen molar-refractivity contribution in [2.75, 3.05) is 23.9 Å². The Labute approximate surface area is 115 Å². The molecule has 18 heavy (non-hydrogen) atoms. The van der Waals surface area contributed by atoms with E-state index in [4.69, 9.17) is 0 Å². The molecular weight excluding hydrogens is 270 g/mol. The highest BCUT2D eigenvalue weighted by Gasteiger charge is 2.15. The SMILES string of the molecule is CCCCSCC(=O)Nc1ccsc1C(=O)OC. The van der Waals surface area contributed by atoms with Crippen molar-refractivity contribution < 1.29 is 14.3 Å². The Balaban J connectivity index is 2.44. The van der Waals surface area contributed by atoms with Gasteiger partial charge in [-0.3, -0.25) is 4.79 Å². The summed E-state index contributed by atoms with van der Waals surface area (Å²) in [6.07, 6.45) is 2.25. The number of carbonyl (C=O) groups excluding carboxylic acids is 2. The maximum Gasteiger partial charge on any atom is 0.350 e. The van der Waals surface area contributed by atoms with Crippen LogP contribution >= 0.6 is 23.1 Å². The molecule has 1 aromatic rings. The first kappa shape index (κ1) is 15.0. The van der Waals surface area contributed by atoms with E-state index in [0.717, 1.165) is 18.6 Å². The summed E-state index contributed by atoms with van der Waals surface area (Å²) in [6, 6.07) is 1.71. The van der Waals surface area contributed by atoms with Gasteiger partial charge in [0, 0.05) is 0 Å². The van der Waals surface area contributed by atoms with E-state index in [1.165, 1.54) is 18.4 Å². The van der Waals surface area contributed by atoms with Crippen LogP contribution in [0.1, 0.15) is 29.4 Å². The normalized spacial score (nSPS) is 10.1. The fourth-order valence-electron chi connectivity index (χ4n) is 1.26. The highest BCUT2D eigenvalue weighted by molar-refractivity contribution is 7.99. The first-order valence-corrected chi connectivity index (χ1v) is 7.75. The van der Waals surface area contributed by atoms with Crippen molar-refractivity contribution in [3.05, 3.63) is 16.3 Å². The predicted octanol–water partition coefficient (Wildman–Crippen LogP) is 3.01. The maximum absolute atomic E-state index is 11.7. The molecule has 0 aliphatic rings. The minimum atomic E-state index is -0.418. The number of hydrogen-bond acceptors (Lipinski definition) is 5. The van der Waals surface area contributed by atoms with E-state index in [0.29, 0.717) is 16.3 Å². The van der Waals surface area contributed by atoms with Crippen LogP contribution < -0.4 is 5.32 Å². The van der Waals surface area contributed by atoms with E-state index in [-0.39, 0.29) is 5.91 Å².